The average Bonchev–Trinajstić information content (AvgIpc) is 3.18. The van der Waals surface area contributed by atoms with E-state index in [-0.39, 0.29) is 6.04 Å². The van der Waals surface area contributed by atoms with Gasteiger partial charge in [0, 0.05) is 38.9 Å². The molecule has 0 amide bonds. The van der Waals surface area contributed by atoms with Gasteiger partial charge in [0.15, 0.2) is 0 Å². The van der Waals surface area contributed by atoms with Gasteiger partial charge in [0.25, 0.3) is 10.2 Å². The molecule has 0 saturated carbocycles. The van der Waals surface area contributed by atoms with Gasteiger partial charge in [0.1, 0.15) is 5.76 Å². The van der Waals surface area contributed by atoms with E-state index in [1.807, 2.05) is 19.3 Å². The van der Waals surface area contributed by atoms with E-state index in [1.165, 1.54) is 8.61 Å². The van der Waals surface area contributed by atoms with Gasteiger partial charge in [-0.15, -0.1) is 0 Å². The first-order chi connectivity index (χ1) is 10.5. The third-order valence-electron chi connectivity index (χ3n) is 3.93. The van der Waals surface area contributed by atoms with Crippen molar-refractivity contribution in [2.45, 2.75) is 25.4 Å². The first-order valence-electron chi connectivity index (χ1n) is 7.22. The molecule has 1 fully saturated rings. The van der Waals surface area contributed by atoms with Crippen molar-refractivity contribution in [3.63, 3.8) is 0 Å². The summed E-state index contributed by atoms with van der Waals surface area (Å²) in [7, 11) is -0.125. The number of hydrogen-bond donors (Lipinski definition) is 0. The summed E-state index contributed by atoms with van der Waals surface area (Å²) in [6.07, 6.45) is 6.70. The zero-order chi connectivity index (χ0) is 15.7. The minimum Gasteiger partial charge on any atom is -0.468 e. The molecule has 7 nitrogen and oxygen atoms in total. The van der Waals surface area contributed by atoms with E-state index in [0.717, 1.165) is 18.4 Å². The average molecular weight is 324 g/mol. The first-order valence-corrected chi connectivity index (χ1v) is 8.62. The van der Waals surface area contributed by atoms with Crippen molar-refractivity contribution < 1.29 is 12.8 Å². The molecule has 1 atom stereocenters. The van der Waals surface area contributed by atoms with Crippen LogP contribution in [0.1, 0.15) is 30.2 Å². The summed E-state index contributed by atoms with van der Waals surface area (Å²) in [6, 6.07) is 3.41. The third kappa shape index (κ3) is 2.81. The minimum atomic E-state index is -3.53. The Morgan fingerprint density at radius 3 is 2.95 bits per heavy atom. The lowest BCUT2D eigenvalue weighted by Gasteiger charge is -2.27. The molecule has 2 aromatic heterocycles. The van der Waals surface area contributed by atoms with Crippen LogP contribution in [0.25, 0.3) is 0 Å². The summed E-state index contributed by atoms with van der Waals surface area (Å²) in [6.45, 7) is 0.822. The van der Waals surface area contributed by atoms with Gasteiger partial charge in [-0.25, -0.2) is 0 Å². The zero-order valence-corrected chi connectivity index (χ0v) is 13.5. The van der Waals surface area contributed by atoms with Crippen LogP contribution in [0.3, 0.4) is 0 Å². The van der Waals surface area contributed by atoms with Crippen LogP contribution in [-0.4, -0.2) is 40.4 Å². The molecule has 22 heavy (non-hydrogen) atoms. The molecule has 3 rings (SSSR count). The fourth-order valence-electron chi connectivity index (χ4n) is 2.85. The van der Waals surface area contributed by atoms with Gasteiger partial charge in [-0.3, -0.25) is 4.68 Å². The van der Waals surface area contributed by atoms with Gasteiger partial charge in [-0.05, 0) is 25.0 Å². The zero-order valence-electron chi connectivity index (χ0n) is 12.7. The lowest BCUT2D eigenvalue weighted by molar-refractivity contribution is 0.311. The quantitative estimate of drug-likeness (QED) is 0.836. The highest BCUT2D eigenvalue weighted by molar-refractivity contribution is 7.86. The highest BCUT2D eigenvalue weighted by Crippen LogP contribution is 2.35. The summed E-state index contributed by atoms with van der Waals surface area (Å²) in [5, 5.41) is 4.07. The van der Waals surface area contributed by atoms with Gasteiger partial charge in [0.2, 0.25) is 0 Å². The fourth-order valence-corrected chi connectivity index (χ4v) is 4.41. The molecule has 120 valence electrons. The molecule has 0 bridgehead atoms. The van der Waals surface area contributed by atoms with Crippen LogP contribution in [0, 0.1) is 0 Å². The summed E-state index contributed by atoms with van der Waals surface area (Å²) in [5.74, 6) is 0.704. The monoisotopic (exact) mass is 324 g/mol. The van der Waals surface area contributed by atoms with Crippen LogP contribution in [0.5, 0.6) is 0 Å². The van der Waals surface area contributed by atoms with Crippen molar-refractivity contribution in [1.82, 2.24) is 18.4 Å². The Hall–Kier alpha value is -1.64. The molecular formula is C14H20N4O3S. The number of hydrogen-bond acceptors (Lipinski definition) is 4. The van der Waals surface area contributed by atoms with Crippen LogP contribution in [0.2, 0.25) is 0 Å². The molecule has 8 heteroatoms. The van der Waals surface area contributed by atoms with Crippen molar-refractivity contribution in [3.8, 4) is 0 Å². The molecular weight excluding hydrogens is 304 g/mol. The van der Waals surface area contributed by atoms with Crippen LogP contribution >= 0.6 is 0 Å². The normalized spacial score (nSPS) is 20.0. The van der Waals surface area contributed by atoms with Gasteiger partial charge >= 0.3 is 0 Å². The fraction of sp³-hybridized carbons (Fsp3) is 0.500. The van der Waals surface area contributed by atoms with Crippen molar-refractivity contribution in [2.75, 3.05) is 13.6 Å². The van der Waals surface area contributed by atoms with Crippen LogP contribution in [0.4, 0.5) is 0 Å². The molecule has 1 aliphatic heterocycles. The lowest BCUT2D eigenvalue weighted by atomic mass is 10.2. The smallest absolute Gasteiger partial charge is 0.282 e. The van der Waals surface area contributed by atoms with Gasteiger partial charge in [-0.2, -0.15) is 22.1 Å². The van der Waals surface area contributed by atoms with E-state index in [0.29, 0.717) is 18.8 Å². The van der Waals surface area contributed by atoms with Crippen LogP contribution < -0.4 is 0 Å². The Morgan fingerprint density at radius 2 is 2.32 bits per heavy atom. The summed E-state index contributed by atoms with van der Waals surface area (Å²) in [4.78, 5) is 0. The van der Waals surface area contributed by atoms with E-state index in [4.69, 9.17) is 4.42 Å². The molecule has 1 aliphatic rings. The minimum absolute atomic E-state index is 0.212. The predicted octanol–water partition coefficient (Wildman–Crippen LogP) is 1.53. The van der Waals surface area contributed by atoms with E-state index >= 15 is 0 Å². The second-order valence-electron chi connectivity index (χ2n) is 5.57. The van der Waals surface area contributed by atoms with Crippen molar-refractivity contribution in [1.29, 1.82) is 0 Å². The number of aromatic nitrogens is 2. The molecule has 0 aliphatic carbocycles. The molecule has 0 spiro atoms. The summed E-state index contributed by atoms with van der Waals surface area (Å²) >= 11 is 0. The van der Waals surface area contributed by atoms with Crippen molar-refractivity contribution in [3.05, 3.63) is 42.1 Å². The standard InChI is InChI=1S/C14H20N4O3S/c1-16-10-12(9-15-16)11-17(2)22(19,20)18-7-3-5-13(18)14-6-4-8-21-14/h4,6,8-10,13H,3,5,7,11H2,1-2H3/t13-/m1/s1. The van der Waals surface area contributed by atoms with E-state index < -0.39 is 10.2 Å². The van der Waals surface area contributed by atoms with Gasteiger partial charge < -0.3 is 4.42 Å². The van der Waals surface area contributed by atoms with E-state index in [9.17, 15) is 8.42 Å². The molecule has 1 saturated heterocycles. The van der Waals surface area contributed by atoms with Crippen molar-refractivity contribution in [2.24, 2.45) is 7.05 Å². The van der Waals surface area contributed by atoms with Crippen LogP contribution in [-0.2, 0) is 23.8 Å². The lowest BCUT2D eigenvalue weighted by Crippen LogP contribution is -2.41. The SMILES string of the molecule is CN(Cc1cnn(C)c1)S(=O)(=O)N1CCC[C@@H]1c1ccco1. The second kappa shape index (κ2) is 5.86. The topological polar surface area (TPSA) is 71.6 Å². The van der Waals surface area contributed by atoms with Gasteiger partial charge in [0.05, 0.1) is 18.5 Å². The number of aryl methyl sites for hydroxylation is 1. The number of rotatable bonds is 5. The Labute approximate surface area is 130 Å². The summed E-state index contributed by atoms with van der Waals surface area (Å²) < 4.78 is 35.6. The van der Waals surface area contributed by atoms with E-state index in [1.54, 1.807) is 30.3 Å². The highest BCUT2D eigenvalue weighted by Gasteiger charge is 2.38. The number of furan rings is 1. The Morgan fingerprint density at radius 1 is 1.50 bits per heavy atom. The Kier molecular flexibility index (Phi) is 4.07. The van der Waals surface area contributed by atoms with Crippen LogP contribution in [0.15, 0.2) is 35.2 Å². The maximum absolute atomic E-state index is 12.8. The predicted molar refractivity (Wildman–Crippen MR) is 81.0 cm³/mol. The molecule has 0 N–H and O–H groups in total. The second-order valence-corrected chi connectivity index (χ2v) is 7.56. The number of nitrogens with zero attached hydrogens (tertiary/aromatic N) is 4. The molecule has 0 radical (unpaired) electrons. The third-order valence-corrected chi connectivity index (χ3v) is 5.88. The molecule has 0 aromatic carbocycles. The first kappa shape index (κ1) is 15.3. The Balaban J connectivity index is 1.79. The van der Waals surface area contributed by atoms with E-state index in [2.05, 4.69) is 5.10 Å². The maximum Gasteiger partial charge on any atom is 0.282 e. The maximum atomic E-state index is 12.8. The molecule has 0 unspecified atom stereocenters. The largest absolute Gasteiger partial charge is 0.468 e. The summed E-state index contributed by atoms with van der Waals surface area (Å²) in [5.41, 5.74) is 0.863. The highest BCUT2D eigenvalue weighted by atomic mass is 32.2. The van der Waals surface area contributed by atoms with Gasteiger partial charge in [-0.1, -0.05) is 0 Å². The Bertz CT molecular complexity index is 723. The van der Waals surface area contributed by atoms with Crippen molar-refractivity contribution >= 4 is 10.2 Å². The molecule has 2 aromatic rings. The molecule has 3 heterocycles.